The van der Waals surface area contributed by atoms with Gasteiger partial charge < -0.3 is 5.11 Å². The average Bonchev–Trinajstić information content (AvgIpc) is 2.16. The molecule has 12 heavy (non-hydrogen) atoms. The molecule has 0 aliphatic rings. The van der Waals surface area contributed by atoms with Gasteiger partial charge in [-0.05, 0) is 7.05 Å². The van der Waals surface area contributed by atoms with Crippen LogP contribution in [0.2, 0.25) is 0 Å². The molecule has 1 rings (SSSR count). The quantitative estimate of drug-likeness (QED) is 0.512. The van der Waals surface area contributed by atoms with Gasteiger partial charge in [0.25, 0.3) is 0 Å². The first-order valence-corrected chi connectivity index (χ1v) is 3.69. The van der Waals surface area contributed by atoms with Crippen molar-refractivity contribution >= 4 is 6.29 Å². The largest absolute Gasteiger partial charge is 0.374 e. The summed E-state index contributed by atoms with van der Waals surface area (Å²) in [7, 11) is 1.63. The summed E-state index contributed by atoms with van der Waals surface area (Å²) in [6, 6.07) is 6.92. The Morgan fingerprint density at radius 3 is 2.75 bits per heavy atom. The molecule has 0 aromatic heterocycles. The van der Waals surface area contributed by atoms with Gasteiger partial charge in [0, 0.05) is 11.1 Å². The lowest BCUT2D eigenvalue weighted by atomic mass is 10.1. The van der Waals surface area contributed by atoms with Crippen LogP contribution in [0.15, 0.2) is 24.3 Å². The highest BCUT2D eigenvalue weighted by atomic mass is 16.3. The van der Waals surface area contributed by atoms with Gasteiger partial charge in [-0.25, -0.2) is 0 Å². The van der Waals surface area contributed by atoms with Gasteiger partial charge in [0.05, 0.1) is 0 Å². The molecule has 0 amide bonds. The van der Waals surface area contributed by atoms with E-state index in [-0.39, 0.29) is 0 Å². The van der Waals surface area contributed by atoms with E-state index >= 15 is 0 Å². The van der Waals surface area contributed by atoms with Crippen LogP contribution in [0.1, 0.15) is 22.1 Å². The predicted octanol–water partition coefficient (Wildman–Crippen LogP) is 0.709. The van der Waals surface area contributed by atoms with Crippen molar-refractivity contribution in [2.24, 2.45) is 0 Å². The summed E-state index contributed by atoms with van der Waals surface area (Å²) in [6.07, 6.45) is -0.0398. The fourth-order valence-corrected chi connectivity index (χ4v) is 1.02. The smallest absolute Gasteiger partial charge is 0.150 e. The number of carbonyl (C=O) groups excluding carboxylic acids is 1. The Labute approximate surface area is 71.0 Å². The van der Waals surface area contributed by atoms with Gasteiger partial charge in [0.15, 0.2) is 0 Å². The number of benzene rings is 1. The number of carbonyl (C=O) groups is 1. The molecular weight excluding hydrogens is 154 g/mol. The van der Waals surface area contributed by atoms with Gasteiger partial charge in [0.1, 0.15) is 12.5 Å². The number of rotatable bonds is 3. The highest BCUT2D eigenvalue weighted by Gasteiger charge is 2.07. The van der Waals surface area contributed by atoms with Crippen LogP contribution in [-0.4, -0.2) is 18.4 Å². The Hall–Kier alpha value is -1.19. The average molecular weight is 165 g/mol. The molecule has 1 aromatic rings. The molecule has 0 saturated carbocycles. The number of aliphatic hydroxyl groups is 1. The first-order valence-electron chi connectivity index (χ1n) is 3.69. The molecule has 2 N–H and O–H groups in total. The predicted molar refractivity (Wildman–Crippen MR) is 45.8 cm³/mol. The maximum Gasteiger partial charge on any atom is 0.150 e. The Balaban J connectivity index is 3.04. The first kappa shape index (κ1) is 8.90. The van der Waals surface area contributed by atoms with E-state index in [0.717, 1.165) is 6.29 Å². The topological polar surface area (TPSA) is 49.3 Å². The second-order valence-electron chi connectivity index (χ2n) is 2.44. The minimum atomic E-state index is -0.772. The van der Waals surface area contributed by atoms with E-state index in [9.17, 15) is 9.90 Å². The maximum atomic E-state index is 10.5. The third-order valence-electron chi connectivity index (χ3n) is 1.69. The molecule has 0 aliphatic heterocycles. The summed E-state index contributed by atoms with van der Waals surface area (Å²) in [5.41, 5.74) is 1.12. The highest BCUT2D eigenvalue weighted by Crippen LogP contribution is 2.13. The van der Waals surface area contributed by atoms with Crippen molar-refractivity contribution in [2.45, 2.75) is 6.23 Å². The zero-order valence-electron chi connectivity index (χ0n) is 6.82. The van der Waals surface area contributed by atoms with E-state index in [0.29, 0.717) is 11.1 Å². The molecule has 0 spiro atoms. The molecule has 3 heteroatoms. The van der Waals surface area contributed by atoms with E-state index < -0.39 is 6.23 Å². The molecule has 0 bridgehead atoms. The third-order valence-corrected chi connectivity index (χ3v) is 1.69. The monoisotopic (exact) mass is 165 g/mol. The molecule has 1 atom stereocenters. The van der Waals surface area contributed by atoms with E-state index in [2.05, 4.69) is 5.32 Å². The Bertz CT molecular complexity index is 273. The fourth-order valence-electron chi connectivity index (χ4n) is 1.02. The molecule has 0 saturated heterocycles. The molecule has 64 valence electrons. The number of hydrogen-bond donors (Lipinski definition) is 2. The molecule has 0 fully saturated rings. The SMILES string of the molecule is CNC(O)c1ccccc1C=O. The number of aldehydes is 1. The van der Waals surface area contributed by atoms with Crippen LogP contribution in [-0.2, 0) is 0 Å². The Morgan fingerprint density at radius 2 is 2.17 bits per heavy atom. The van der Waals surface area contributed by atoms with E-state index in [4.69, 9.17) is 0 Å². The van der Waals surface area contributed by atoms with Crippen LogP contribution in [0, 0.1) is 0 Å². The molecule has 0 aliphatic carbocycles. The van der Waals surface area contributed by atoms with Crippen LogP contribution in [0.3, 0.4) is 0 Å². The van der Waals surface area contributed by atoms with Gasteiger partial charge in [-0.1, -0.05) is 24.3 Å². The van der Waals surface area contributed by atoms with Crippen molar-refractivity contribution in [1.82, 2.24) is 5.32 Å². The second kappa shape index (κ2) is 3.99. The van der Waals surface area contributed by atoms with Gasteiger partial charge in [0.2, 0.25) is 0 Å². The molecule has 3 nitrogen and oxygen atoms in total. The van der Waals surface area contributed by atoms with E-state index in [1.54, 1.807) is 31.3 Å². The maximum absolute atomic E-state index is 10.5. The molecular formula is C9H11NO2. The number of hydrogen-bond acceptors (Lipinski definition) is 3. The summed E-state index contributed by atoms with van der Waals surface area (Å²) >= 11 is 0. The standard InChI is InChI=1S/C9H11NO2/c1-10-9(12)8-5-3-2-4-7(8)6-11/h2-6,9-10,12H,1H3. The van der Waals surface area contributed by atoms with Crippen LogP contribution >= 0.6 is 0 Å². The van der Waals surface area contributed by atoms with Crippen molar-refractivity contribution in [2.75, 3.05) is 7.05 Å². The zero-order valence-corrected chi connectivity index (χ0v) is 6.82. The van der Waals surface area contributed by atoms with Gasteiger partial charge >= 0.3 is 0 Å². The van der Waals surface area contributed by atoms with Crippen LogP contribution < -0.4 is 5.32 Å². The Morgan fingerprint density at radius 1 is 1.50 bits per heavy atom. The van der Waals surface area contributed by atoms with Crippen molar-refractivity contribution in [3.63, 3.8) is 0 Å². The summed E-state index contributed by atoms with van der Waals surface area (Å²) in [5.74, 6) is 0. The highest BCUT2D eigenvalue weighted by molar-refractivity contribution is 5.77. The fraction of sp³-hybridized carbons (Fsp3) is 0.222. The van der Waals surface area contributed by atoms with Crippen molar-refractivity contribution in [3.05, 3.63) is 35.4 Å². The lowest BCUT2D eigenvalue weighted by Crippen LogP contribution is -2.16. The van der Waals surface area contributed by atoms with Crippen molar-refractivity contribution < 1.29 is 9.90 Å². The Kier molecular flexibility index (Phi) is 2.96. The van der Waals surface area contributed by atoms with E-state index in [1.807, 2.05) is 0 Å². The number of aliphatic hydroxyl groups excluding tert-OH is 1. The van der Waals surface area contributed by atoms with Crippen molar-refractivity contribution in [3.8, 4) is 0 Å². The molecule has 0 heterocycles. The van der Waals surface area contributed by atoms with E-state index in [1.165, 1.54) is 0 Å². The first-order chi connectivity index (χ1) is 5.79. The minimum absolute atomic E-state index is 0.513. The summed E-state index contributed by atoms with van der Waals surface area (Å²) < 4.78 is 0. The summed E-state index contributed by atoms with van der Waals surface area (Å²) in [5, 5.41) is 12.0. The molecule has 0 radical (unpaired) electrons. The van der Waals surface area contributed by atoms with Gasteiger partial charge in [-0.3, -0.25) is 10.1 Å². The summed E-state index contributed by atoms with van der Waals surface area (Å²) in [6.45, 7) is 0. The normalized spacial score (nSPS) is 12.5. The van der Waals surface area contributed by atoms with Gasteiger partial charge in [-0.2, -0.15) is 0 Å². The molecule has 1 unspecified atom stereocenters. The molecule has 1 aromatic carbocycles. The van der Waals surface area contributed by atoms with Gasteiger partial charge in [-0.15, -0.1) is 0 Å². The minimum Gasteiger partial charge on any atom is -0.374 e. The second-order valence-corrected chi connectivity index (χ2v) is 2.44. The van der Waals surface area contributed by atoms with Crippen LogP contribution in [0.4, 0.5) is 0 Å². The lowest BCUT2D eigenvalue weighted by Gasteiger charge is -2.10. The third kappa shape index (κ3) is 1.69. The number of nitrogens with one attached hydrogen (secondary N) is 1. The van der Waals surface area contributed by atoms with Crippen LogP contribution in [0.25, 0.3) is 0 Å². The van der Waals surface area contributed by atoms with Crippen LogP contribution in [0.5, 0.6) is 0 Å². The zero-order chi connectivity index (χ0) is 8.97. The summed E-state index contributed by atoms with van der Waals surface area (Å²) in [4.78, 5) is 10.5. The lowest BCUT2D eigenvalue weighted by molar-refractivity contribution is 0.110. The van der Waals surface area contributed by atoms with Crippen molar-refractivity contribution in [1.29, 1.82) is 0 Å².